The molecule has 2 aromatic heterocycles. The van der Waals surface area contributed by atoms with E-state index in [1.54, 1.807) is 24.4 Å². The van der Waals surface area contributed by atoms with Gasteiger partial charge in [-0.15, -0.1) is 0 Å². The fraction of sp³-hybridized carbons (Fsp3) is 0.276. The van der Waals surface area contributed by atoms with E-state index in [9.17, 15) is 9.59 Å². The highest BCUT2D eigenvalue weighted by Gasteiger charge is 2.23. The van der Waals surface area contributed by atoms with E-state index >= 15 is 0 Å². The normalized spacial score (nSPS) is 13.3. The molecule has 1 amide bonds. The SMILES string of the molecule is CCOc1ccc(-c2cc(N3CCN(C(=O)Cn4nc(-c5ccccc5OC)ccc4=O)CC3)ncn2)cc1. The number of methoxy groups -OCH3 is 1. The molecule has 10 heteroatoms. The van der Waals surface area contributed by atoms with E-state index in [1.165, 1.54) is 10.7 Å². The minimum atomic E-state index is -0.330. The maximum absolute atomic E-state index is 13.1. The summed E-state index contributed by atoms with van der Waals surface area (Å²) < 4.78 is 12.2. The molecular weight excluding hydrogens is 496 g/mol. The number of benzene rings is 2. The number of ether oxygens (including phenoxy) is 2. The van der Waals surface area contributed by atoms with E-state index in [4.69, 9.17) is 9.47 Å². The summed E-state index contributed by atoms with van der Waals surface area (Å²) in [6.45, 7) is 4.72. The first-order valence-corrected chi connectivity index (χ1v) is 12.9. The first-order valence-electron chi connectivity index (χ1n) is 12.9. The second kappa shape index (κ2) is 11.8. The van der Waals surface area contributed by atoms with Crippen molar-refractivity contribution in [3.05, 3.63) is 83.4 Å². The summed E-state index contributed by atoms with van der Waals surface area (Å²) in [5, 5.41) is 4.44. The van der Waals surface area contributed by atoms with Crippen LogP contribution < -0.4 is 19.9 Å². The van der Waals surface area contributed by atoms with Crippen LogP contribution in [0.2, 0.25) is 0 Å². The Hall–Kier alpha value is -4.73. The maximum Gasteiger partial charge on any atom is 0.267 e. The summed E-state index contributed by atoms with van der Waals surface area (Å²) in [7, 11) is 1.58. The molecule has 5 rings (SSSR count). The molecule has 1 aliphatic rings. The standard InChI is InChI=1S/C29H30N6O4/c1-3-39-22-10-8-21(9-11-22)25-18-27(31-20-30-25)33-14-16-34(17-15-33)29(37)19-35-28(36)13-12-24(32-35)23-6-4-5-7-26(23)38-2/h4-13,18,20H,3,14-17,19H2,1-2H3. The van der Waals surface area contributed by atoms with E-state index in [0.29, 0.717) is 44.2 Å². The summed E-state index contributed by atoms with van der Waals surface area (Å²) in [6, 6.07) is 20.3. The van der Waals surface area contributed by atoms with Gasteiger partial charge in [0.15, 0.2) is 0 Å². The molecule has 2 aromatic carbocycles. The third-order valence-corrected chi connectivity index (χ3v) is 6.60. The van der Waals surface area contributed by atoms with Crippen molar-refractivity contribution >= 4 is 11.7 Å². The second-order valence-electron chi connectivity index (χ2n) is 9.00. The maximum atomic E-state index is 13.1. The van der Waals surface area contributed by atoms with Gasteiger partial charge in [0.2, 0.25) is 5.91 Å². The predicted molar refractivity (Wildman–Crippen MR) is 148 cm³/mol. The third-order valence-electron chi connectivity index (χ3n) is 6.60. The Kier molecular flexibility index (Phi) is 7.81. The summed E-state index contributed by atoms with van der Waals surface area (Å²) in [4.78, 5) is 38.4. The Labute approximate surface area is 226 Å². The van der Waals surface area contributed by atoms with Gasteiger partial charge in [-0.3, -0.25) is 9.59 Å². The Balaban J connectivity index is 1.23. The number of rotatable bonds is 8. The number of anilines is 1. The van der Waals surface area contributed by atoms with Crippen molar-refractivity contribution in [1.29, 1.82) is 0 Å². The van der Waals surface area contributed by atoms with Crippen LogP contribution in [0.3, 0.4) is 0 Å². The highest BCUT2D eigenvalue weighted by Crippen LogP contribution is 2.27. The Morgan fingerprint density at radius 1 is 0.923 bits per heavy atom. The van der Waals surface area contributed by atoms with Crippen LogP contribution in [0.5, 0.6) is 11.5 Å². The van der Waals surface area contributed by atoms with Crippen LogP contribution in [-0.2, 0) is 11.3 Å². The van der Waals surface area contributed by atoms with Crippen LogP contribution in [-0.4, -0.2) is 70.5 Å². The minimum absolute atomic E-state index is 0.128. The van der Waals surface area contributed by atoms with E-state index in [-0.39, 0.29) is 18.0 Å². The lowest BCUT2D eigenvalue weighted by Crippen LogP contribution is -2.50. The minimum Gasteiger partial charge on any atom is -0.496 e. The molecule has 0 bridgehead atoms. The fourth-order valence-corrected chi connectivity index (χ4v) is 4.54. The first kappa shape index (κ1) is 25.9. The zero-order chi connectivity index (χ0) is 27.2. The number of nitrogens with zero attached hydrogens (tertiary/aromatic N) is 6. The molecule has 3 heterocycles. The van der Waals surface area contributed by atoms with Crippen LogP contribution in [0.1, 0.15) is 6.92 Å². The zero-order valence-electron chi connectivity index (χ0n) is 22.0. The van der Waals surface area contributed by atoms with Crippen molar-refractivity contribution in [1.82, 2.24) is 24.6 Å². The smallest absolute Gasteiger partial charge is 0.267 e. The van der Waals surface area contributed by atoms with Crippen molar-refractivity contribution in [3.63, 3.8) is 0 Å². The molecule has 200 valence electrons. The quantitative estimate of drug-likeness (QED) is 0.345. The Morgan fingerprint density at radius 2 is 1.69 bits per heavy atom. The van der Waals surface area contributed by atoms with Gasteiger partial charge in [0.25, 0.3) is 5.56 Å². The van der Waals surface area contributed by atoms with Gasteiger partial charge in [-0.05, 0) is 49.4 Å². The molecule has 0 saturated carbocycles. The van der Waals surface area contributed by atoms with Gasteiger partial charge >= 0.3 is 0 Å². The van der Waals surface area contributed by atoms with E-state index in [1.807, 2.05) is 61.5 Å². The van der Waals surface area contributed by atoms with E-state index in [2.05, 4.69) is 20.0 Å². The Bertz CT molecular complexity index is 1500. The molecule has 39 heavy (non-hydrogen) atoms. The average Bonchev–Trinajstić information content (AvgIpc) is 2.99. The fourth-order valence-electron chi connectivity index (χ4n) is 4.54. The number of amides is 1. The van der Waals surface area contributed by atoms with E-state index < -0.39 is 0 Å². The number of para-hydroxylation sites is 1. The molecule has 1 aliphatic heterocycles. The molecular formula is C29H30N6O4. The summed E-state index contributed by atoms with van der Waals surface area (Å²) in [5.74, 6) is 2.12. The van der Waals surface area contributed by atoms with Crippen LogP contribution >= 0.6 is 0 Å². The van der Waals surface area contributed by atoms with Gasteiger partial charge in [-0.1, -0.05) is 12.1 Å². The van der Waals surface area contributed by atoms with Gasteiger partial charge < -0.3 is 19.3 Å². The molecule has 0 aliphatic carbocycles. The van der Waals surface area contributed by atoms with Crippen LogP contribution in [0.25, 0.3) is 22.5 Å². The second-order valence-corrected chi connectivity index (χ2v) is 9.00. The van der Waals surface area contributed by atoms with Gasteiger partial charge in [0.05, 0.1) is 25.1 Å². The van der Waals surface area contributed by atoms with Crippen molar-refractivity contribution in [2.75, 3.05) is 44.8 Å². The molecule has 0 radical (unpaired) electrons. The molecule has 0 unspecified atom stereocenters. The Morgan fingerprint density at radius 3 is 2.44 bits per heavy atom. The summed E-state index contributed by atoms with van der Waals surface area (Å²) in [5.41, 5.74) is 2.79. The molecule has 1 saturated heterocycles. The lowest BCUT2D eigenvalue weighted by Gasteiger charge is -2.35. The highest BCUT2D eigenvalue weighted by molar-refractivity contribution is 5.76. The molecule has 1 fully saturated rings. The molecule has 10 nitrogen and oxygen atoms in total. The van der Waals surface area contributed by atoms with Crippen molar-refractivity contribution in [2.45, 2.75) is 13.5 Å². The van der Waals surface area contributed by atoms with Crippen LogP contribution in [0.4, 0.5) is 5.82 Å². The van der Waals surface area contributed by atoms with Crippen LogP contribution in [0.15, 0.2) is 77.9 Å². The molecule has 0 atom stereocenters. The lowest BCUT2D eigenvalue weighted by molar-refractivity contribution is -0.132. The topological polar surface area (TPSA) is 103 Å². The van der Waals surface area contributed by atoms with Crippen LogP contribution in [0, 0.1) is 0 Å². The van der Waals surface area contributed by atoms with Crippen molar-refractivity contribution in [2.24, 2.45) is 0 Å². The summed E-state index contributed by atoms with van der Waals surface area (Å²) >= 11 is 0. The van der Waals surface area contributed by atoms with Crippen molar-refractivity contribution < 1.29 is 14.3 Å². The van der Waals surface area contributed by atoms with Gasteiger partial charge in [-0.25, -0.2) is 14.6 Å². The monoisotopic (exact) mass is 526 g/mol. The average molecular weight is 527 g/mol. The number of aromatic nitrogens is 4. The molecule has 0 spiro atoms. The predicted octanol–water partition coefficient (Wildman–Crippen LogP) is 3.12. The van der Waals surface area contributed by atoms with Gasteiger partial charge in [0, 0.05) is 49.4 Å². The van der Waals surface area contributed by atoms with Gasteiger partial charge in [0.1, 0.15) is 30.2 Å². The van der Waals surface area contributed by atoms with Crippen molar-refractivity contribution in [3.8, 4) is 34.0 Å². The molecule has 4 aromatic rings. The number of hydrogen-bond acceptors (Lipinski definition) is 8. The third kappa shape index (κ3) is 5.90. The number of carbonyl (C=O) groups excluding carboxylic acids is 1. The lowest BCUT2D eigenvalue weighted by atomic mass is 10.1. The number of hydrogen-bond donors (Lipinski definition) is 0. The highest BCUT2D eigenvalue weighted by atomic mass is 16.5. The number of piperazine rings is 1. The van der Waals surface area contributed by atoms with Gasteiger partial charge in [-0.2, -0.15) is 5.10 Å². The first-order chi connectivity index (χ1) is 19.1. The molecule has 0 N–H and O–H groups in total. The zero-order valence-corrected chi connectivity index (χ0v) is 22.0. The largest absolute Gasteiger partial charge is 0.496 e. The number of carbonyl (C=O) groups is 1. The summed E-state index contributed by atoms with van der Waals surface area (Å²) in [6.07, 6.45) is 1.56. The van der Waals surface area contributed by atoms with E-state index in [0.717, 1.165) is 28.4 Å².